The smallest absolute Gasteiger partial charge is 0.0555 e. The fraction of sp³-hybridized carbons (Fsp3) is 0.786. The first-order chi connectivity index (χ1) is 8.17. The zero-order chi connectivity index (χ0) is 12.3. The van der Waals surface area contributed by atoms with Gasteiger partial charge in [0.25, 0.3) is 0 Å². The van der Waals surface area contributed by atoms with Crippen LogP contribution in [0.25, 0.3) is 0 Å². The molecule has 1 aromatic rings. The van der Waals surface area contributed by atoms with Crippen molar-refractivity contribution in [3.8, 4) is 0 Å². The Balaban J connectivity index is 2.25. The van der Waals surface area contributed by atoms with Crippen molar-refractivity contribution in [3.63, 3.8) is 0 Å². The van der Waals surface area contributed by atoms with Crippen LogP contribution >= 0.6 is 0 Å². The summed E-state index contributed by atoms with van der Waals surface area (Å²) in [6, 6.07) is 2.60. The van der Waals surface area contributed by atoms with E-state index in [-0.39, 0.29) is 0 Å². The van der Waals surface area contributed by atoms with E-state index >= 15 is 0 Å². The number of aryl methyl sites for hydroxylation is 1. The third-order valence-corrected chi connectivity index (χ3v) is 4.26. The molecule has 1 unspecified atom stereocenters. The predicted molar refractivity (Wildman–Crippen MR) is 70.8 cm³/mol. The normalized spacial score (nSPS) is 21.4. The molecular weight excluding hydrogens is 210 g/mol. The van der Waals surface area contributed by atoms with Crippen LogP contribution in [-0.2, 0) is 7.05 Å². The molecule has 0 saturated heterocycles. The Bertz CT molecular complexity index is 350. The highest BCUT2D eigenvalue weighted by atomic mass is 15.3. The molecule has 0 amide bonds. The average molecular weight is 235 g/mol. The Labute approximate surface area is 105 Å². The molecule has 0 radical (unpaired) electrons. The molecule has 0 aromatic carbocycles. The van der Waals surface area contributed by atoms with Gasteiger partial charge in [0.1, 0.15) is 0 Å². The van der Waals surface area contributed by atoms with E-state index in [1.165, 1.54) is 37.8 Å². The maximum Gasteiger partial charge on any atom is 0.0555 e. The van der Waals surface area contributed by atoms with E-state index in [2.05, 4.69) is 30.3 Å². The van der Waals surface area contributed by atoms with Gasteiger partial charge in [-0.2, -0.15) is 5.10 Å². The monoisotopic (exact) mass is 235 g/mol. The number of aromatic nitrogens is 2. The van der Waals surface area contributed by atoms with Gasteiger partial charge in [-0.05, 0) is 30.9 Å². The summed E-state index contributed by atoms with van der Waals surface area (Å²) in [5, 5.41) is 8.00. The van der Waals surface area contributed by atoms with Crippen molar-refractivity contribution < 1.29 is 0 Å². The summed E-state index contributed by atoms with van der Waals surface area (Å²) in [5.41, 5.74) is 1.72. The molecule has 1 aromatic heterocycles. The molecule has 3 nitrogen and oxygen atoms in total. The van der Waals surface area contributed by atoms with Crippen molar-refractivity contribution in [2.24, 2.45) is 12.5 Å². The van der Waals surface area contributed by atoms with Crippen molar-refractivity contribution in [3.05, 3.63) is 18.0 Å². The Morgan fingerprint density at radius 2 is 2.12 bits per heavy atom. The first-order valence-corrected chi connectivity index (χ1v) is 6.88. The van der Waals surface area contributed by atoms with E-state index < -0.39 is 0 Å². The summed E-state index contributed by atoms with van der Waals surface area (Å²) >= 11 is 0. The second kappa shape index (κ2) is 5.21. The van der Waals surface area contributed by atoms with Crippen LogP contribution in [0.5, 0.6) is 0 Å². The third-order valence-electron chi connectivity index (χ3n) is 4.26. The first-order valence-electron chi connectivity index (χ1n) is 6.88. The zero-order valence-electron chi connectivity index (χ0n) is 11.4. The highest BCUT2D eigenvalue weighted by Gasteiger charge is 2.37. The average Bonchev–Trinajstić information content (AvgIpc) is 2.73. The SMILES string of the molecule is CCNC(c1ccnn1C)C1(C)CCCCC1. The van der Waals surface area contributed by atoms with E-state index in [1.54, 1.807) is 0 Å². The molecule has 96 valence electrons. The Morgan fingerprint density at radius 3 is 2.65 bits per heavy atom. The maximum atomic E-state index is 4.32. The van der Waals surface area contributed by atoms with E-state index in [9.17, 15) is 0 Å². The van der Waals surface area contributed by atoms with E-state index in [4.69, 9.17) is 0 Å². The predicted octanol–water partition coefficient (Wildman–Crippen LogP) is 3.04. The molecule has 0 spiro atoms. The molecule has 1 aliphatic rings. The number of nitrogens with one attached hydrogen (secondary N) is 1. The van der Waals surface area contributed by atoms with Gasteiger partial charge in [-0.15, -0.1) is 0 Å². The molecule has 1 aliphatic carbocycles. The molecule has 2 rings (SSSR count). The minimum absolute atomic E-state index is 0.391. The Kier molecular flexibility index (Phi) is 3.87. The summed E-state index contributed by atoms with van der Waals surface area (Å²) in [6.45, 7) is 5.65. The first kappa shape index (κ1) is 12.6. The maximum absolute atomic E-state index is 4.32. The second-order valence-electron chi connectivity index (χ2n) is 5.59. The lowest BCUT2D eigenvalue weighted by Gasteiger charge is -2.41. The van der Waals surface area contributed by atoms with Crippen LogP contribution in [0.4, 0.5) is 0 Å². The third kappa shape index (κ3) is 2.54. The van der Waals surface area contributed by atoms with Crippen molar-refractivity contribution in [1.29, 1.82) is 0 Å². The van der Waals surface area contributed by atoms with Gasteiger partial charge in [0.15, 0.2) is 0 Å². The highest BCUT2D eigenvalue weighted by Crippen LogP contribution is 2.45. The largest absolute Gasteiger partial charge is 0.308 e. The van der Waals surface area contributed by atoms with Crippen LogP contribution in [0.15, 0.2) is 12.3 Å². The van der Waals surface area contributed by atoms with Crippen molar-refractivity contribution >= 4 is 0 Å². The van der Waals surface area contributed by atoms with Gasteiger partial charge in [0, 0.05) is 13.2 Å². The highest BCUT2D eigenvalue weighted by molar-refractivity contribution is 5.11. The lowest BCUT2D eigenvalue weighted by atomic mass is 9.69. The van der Waals surface area contributed by atoms with Crippen LogP contribution in [0.1, 0.15) is 57.7 Å². The number of nitrogens with zero attached hydrogens (tertiary/aromatic N) is 2. The van der Waals surface area contributed by atoms with Gasteiger partial charge in [0.2, 0.25) is 0 Å². The van der Waals surface area contributed by atoms with Crippen LogP contribution in [-0.4, -0.2) is 16.3 Å². The molecule has 1 N–H and O–H groups in total. The molecule has 1 saturated carbocycles. The fourth-order valence-corrected chi connectivity index (χ4v) is 3.23. The lowest BCUT2D eigenvalue weighted by Crippen LogP contribution is -2.38. The zero-order valence-corrected chi connectivity index (χ0v) is 11.4. The number of hydrogen-bond acceptors (Lipinski definition) is 2. The van der Waals surface area contributed by atoms with Gasteiger partial charge >= 0.3 is 0 Å². The molecule has 1 atom stereocenters. The van der Waals surface area contributed by atoms with Crippen molar-refractivity contribution in [2.75, 3.05) is 6.54 Å². The summed E-state index contributed by atoms with van der Waals surface area (Å²) in [7, 11) is 2.05. The second-order valence-corrected chi connectivity index (χ2v) is 5.59. The molecular formula is C14H25N3. The van der Waals surface area contributed by atoms with Crippen molar-refractivity contribution in [1.82, 2.24) is 15.1 Å². The van der Waals surface area contributed by atoms with Gasteiger partial charge in [-0.3, -0.25) is 4.68 Å². The molecule has 3 heteroatoms. The molecule has 0 bridgehead atoms. The van der Waals surface area contributed by atoms with E-state index in [0.29, 0.717) is 11.5 Å². The summed E-state index contributed by atoms with van der Waals surface area (Å²) < 4.78 is 2.02. The summed E-state index contributed by atoms with van der Waals surface area (Å²) in [5.74, 6) is 0. The molecule has 0 aliphatic heterocycles. The Hall–Kier alpha value is -0.830. The van der Waals surface area contributed by atoms with Crippen LogP contribution < -0.4 is 5.32 Å². The fourth-order valence-electron chi connectivity index (χ4n) is 3.23. The summed E-state index contributed by atoms with van der Waals surface area (Å²) in [6.07, 6.45) is 8.71. The van der Waals surface area contributed by atoms with Gasteiger partial charge in [-0.1, -0.05) is 33.1 Å². The molecule has 1 fully saturated rings. The van der Waals surface area contributed by atoms with Crippen LogP contribution in [0.3, 0.4) is 0 Å². The Morgan fingerprint density at radius 1 is 1.41 bits per heavy atom. The minimum atomic E-state index is 0.391. The number of hydrogen-bond donors (Lipinski definition) is 1. The standard InChI is InChI=1S/C14H25N3/c1-4-15-13(12-8-11-16-17(12)3)14(2)9-6-5-7-10-14/h8,11,13,15H,4-7,9-10H2,1-3H3. The topological polar surface area (TPSA) is 29.9 Å². The minimum Gasteiger partial charge on any atom is -0.308 e. The van der Waals surface area contributed by atoms with E-state index in [1.807, 2.05) is 17.9 Å². The van der Waals surface area contributed by atoms with Gasteiger partial charge < -0.3 is 5.32 Å². The molecule has 17 heavy (non-hydrogen) atoms. The van der Waals surface area contributed by atoms with Gasteiger partial charge in [0.05, 0.1) is 11.7 Å². The van der Waals surface area contributed by atoms with E-state index in [0.717, 1.165) is 6.54 Å². The van der Waals surface area contributed by atoms with Crippen LogP contribution in [0, 0.1) is 5.41 Å². The van der Waals surface area contributed by atoms with Crippen molar-refractivity contribution in [2.45, 2.75) is 52.0 Å². The number of rotatable bonds is 4. The summed E-state index contributed by atoms with van der Waals surface area (Å²) in [4.78, 5) is 0. The molecule has 1 heterocycles. The lowest BCUT2D eigenvalue weighted by molar-refractivity contribution is 0.140. The quantitative estimate of drug-likeness (QED) is 0.869. The van der Waals surface area contributed by atoms with Crippen LogP contribution in [0.2, 0.25) is 0 Å². The van der Waals surface area contributed by atoms with Gasteiger partial charge in [-0.25, -0.2) is 0 Å².